The maximum absolute atomic E-state index is 11.9. The van der Waals surface area contributed by atoms with E-state index in [9.17, 15) is 4.79 Å². The zero-order valence-corrected chi connectivity index (χ0v) is 11.5. The van der Waals surface area contributed by atoms with Crippen LogP contribution in [0.5, 0.6) is 5.75 Å². The largest absolute Gasteiger partial charge is 0.490 e. The predicted octanol–water partition coefficient (Wildman–Crippen LogP) is 3.45. The van der Waals surface area contributed by atoms with Gasteiger partial charge < -0.3 is 10.1 Å². The Hall–Kier alpha value is -1.48. The van der Waals surface area contributed by atoms with Gasteiger partial charge >= 0.3 is 0 Å². The monoisotopic (exact) mass is 267 g/mol. The van der Waals surface area contributed by atoms with Crippen molar-refractivity contribution in [3.05, 3.63) is 36.9 Å². The molecular formula is C14H18ClNO2. The summed E-state index contributed by atoms with van der Waals surface area (Å²) in [6.07, 6.45) is 1.68. The van der Waals surface area contributed by atoms with Crippen LogP contribution in [0.1, 0.15) is 13.8 Å². The van der Waals surface area contributed by atoms with Crippen molar-refractivity contribution in [3.63, 3.8) is 0 Å². The van der Waals surface area contributed by atoms with Crippen LogP contribution in [0.3, 0.4) is 0 Å². The molecule has 0 fully saturated rings. The predicted molar refractivity (Wildman–Crippen MR) is 75.3 cm³/mol. The van der Waals surface area contributed by atoms with Gasteiger partial charge in [0.1, 0.15) is 12.4 Å². The van der Waals surface area contributed by atoms with Crippen LogP contribution >= 0.6 is 11.6 Å². The molecular weight excluding hydrogens is 250 g/mol. The van der Waals surface area contributed by atoms with Crippen LogP contribution in [0.2, 0.25) is 0 Å². The third-order valence-electron chi connectivity index (χ3n) is 2.43. The minimum absolute atomic E-state index is 0.0998. The van der Waals surface area contributed by atoms with Gasteiger partial charge in [0, 0.05) is 11.6 Å². The van der Waals surface area contributed by atoms with Crippen molar-refractivity contribution >= 4 is 23.2 Å². The lowest BCUT2D eigenvalue weighted by molar-refractivity contribution is -0.122. The first-order valence-electron chi connectivity index (χ1n) is 5.71. The molecule has 0 aliphatic heterocycles. The van der Waals surface area contributed by atoms with Gasteiger partial charge in [-0.3, -0.25) is 4.79 Å². The Morgan fingerprint density at radius 1 is 1.44 bits per heavy atom. The summed E-state index contributed by atoms with van der Waals surface area (Å²) in [5.74, 6) is 0.918. The molecule has 3 nitrogen and oxygen atoms in total. The molecule has 0 unspecified atom stereocenters. The van der Waals surface area contributed by atoms with E-state index in [1.165, 1.54) is 0 Å². The Morgan fingerprint density at radius 3 is 2.56 bits per heavy atom. The lowest BCUT2D eigenvalue weighted by Gasteiger charge is -2.20. The van der Waals surface area contributed by atoms with E-state index in [2.05, 4.69) is 11.9 Å². The highest BCUT2D eigenvalue weighted by Crippen LogP contribution is 2.21. The standard InChI is InChI=1S/C14H18ClNO2/c1-4-9-18-12-7-5-11(6-8-12)16-13(17)14(2,3)10-15/h4-8H,1,9-10H2,2-3H3,(H,16,17). The summed E-state index contributed by atoms with van der Waals surface area (Å²) in [7, 11) is 0. The SMILES string of the molecule is C=CCOc1ccc(NC(=O)C(C)(C)CCl)cc1. The zero-order chi connectivity index (χ0) is 13.6. The van der Waals surface area contributed by atoms with Crippen LogP contribution in [0, 0.1) is 5.41 Å². The summed E-state index contributed by atoms with van der Waals surface area (Å²) in [6, 6.07) is 7.18. The number of amides is 1. The number of carbonyl (C=O) groups excluding carboxylic acids is 1. The highest BCUT2D eigenvalue weighted by atomic mass is 35.5. The number of anilines is 1. The lowest BCUT2D eigenvalue weighted by Crippen LogP contribution is -2.32. The van der Waals surface area contributed by atoms with E-state index in [4.69, 9.17) is 16.3 Å². The van der Waals surface area contributed by atoms with Crippen molar-refractivity contribution in [3.8, 4) is 5.75 Å². The summed E-state index contributed by atoms with van der Waals surface area (Å²) >= 11 is 5.75. The number of carbonyl (C=O) groups is 1. The van der Waals surface area contributed by atoms with Crippen LogP contribution in [-0.4, -0.2) is 18.4 Å². The second kappa shape index (κ2) is 6.45. The molecule has 0 atom stereocenters. The molecule has 1 rings (SSSR count). The molecule has 1 amide bonds. The van der Waals surface area contributed by atoms with Gasteiger partial charge in [0.15, 0.2) is 0 Å². The lowest BCUT2D eigenvalue weighted by atomic mass is 9.95. The van der Waals surface area contributed by atoms with E-state index in [-0.39, 0.29) is 11.8 Å². The number of nitrogens with one attached hydrogen (secondary N) is 1. The molecule has 0 saturated heterocycles. The van der Waals surface area contributed by atoms with Gasteiger partial charge in [0.25, 0.3) is 0 Å². The van der Waals surface area contributed by atoms with Crippen molar-refractivity contribution in [1.29, 1.82) is 0 Å². The van der Waals surface area contributed by atoms with Gasteiger partial charge in [-0.1, -0.05) is 12.7 Å². The first kappa shape index (κ1) is 14.6. The quantitative estimate of drug-likeness (QED) is 0.633. The molecule has 0 aliphatic carbocycles. The summed E-state index contributed by atoms with van der Waals surface area (Å²) in [5.41, 5.74) is 0.142. The van der Waals surface area contributed by atoms with Gasteiger partial charge in [0.05, 0.1) is 5.41 Å². The van der Waals surface area contributed by atoms with Crippen LogP contribution < -0.4 is 10.1 Å². The maximum atomic E-state index is 11.9. The van der Waals surface area contributed by atoms with Gasteiger partial charge in [-0.25, -0.2) is 0 Å². The van der Waals surface area contributed by atoms with Crippen LogP contribution in [0.15, 0.2) is 36.9 Å². The average molecular weight is 268 g/mol. The molecule has 0 radical (unpaired) electrons. The molecule has 0 aliphatic rings. The fourth-order valence-corrected chi connectivity index (χ4v) is 1.27. The smallest absolute Gasteiger partial charge is 0.231 e. The van der Waals surface area contributed by atoms with E-state index in [0.29, 0.717) is 6.61 Å². The summed E-state index contributed by atoms with van der Waals surface area (Å²) < 4.78 is 5.35. The van der Waals surface area contributed by atoms with E-state index < -0.39 is 5.41 Å². The number of benzene rings is 1. The first-order valence-corrected chi connectivity index (χ1v) is 6.24. The Bertz CT molecular complexity index is 412. The van der Waals surface area contributed by atoms with Crippen LogP contribution in [-0.2, 0) is 4.79 Å². The third kappa shape index (κ3) is 4.08. The fraction of sp³-hybridized carbons (Fsp3) is 0.357. The summed E-state index contributed by atoms with van der Waals surface area (Å²) in [4.78, 5) is 11.9. The minimum Gasteiger partial charge on any atom is -0.490 e. The molecule has 0 saturated carbocycles. The molecule has 18 heavy (non-hydrogen) atoms. The fourth-order valence-electron chi connectivity index (χ4n) is 1.15. The Labute approximate surface area is 113 Å². The molecule has 98 valence electrons. The van der Waals surface area contributed by atoms with Crippen molar-refractivity contribution in [1.82, 2.24) is 0 Å². The molecule has 1 aromatic rings. The molecule has 0 aromatic heterocycles. The number of ether oxygens (including phenoxy) is 1. The van der Waals surface area contributed by atoms with Gasteiger partial charge in [-0.2, -0.15) is 0 Å². The van der Waals surface area contributed by atoms with Crippen molar-refractivity contribution in [2.45, 2.75) is 13.8 Å². The average Bonchev–Trinajstić information content (AvgIpc) is 2.37. The highest BCUT2D eigenvalue weighted by Gasteiger charge is 2.26. The number of halogens is 1. The van der Waals surface area contributed by atoms with Crippen molar-refractivity contribution in [2.24, 2.45) is 5.41 Å². The minimum atomic E-state index is -0.584. The number of alkyl halides is 1. The normalized spacial score (nSPS) is 10.8. The van der Waals surface area contributed by atoms with Crippen molar-refractivity contribution in [2.75, 3.05) is 17.8 Å². The maximum Gasteiger partial charge on any atom is 0.231 e. The molecule has 4 heteroatoms. The molecule has 0 bridgehead atoms. The second-order valence-electron chi connectivity index (χ2n) is 4.60. The molecule has 1 N–H and O–H groups in total. The third-order valence-corrected chi connectivity index (χ3v) is 3.10. The number of hydrogen-bond acceptors (Lipinski definition) is 2. The van der Waals surface area contributed by atoms with E-state index in [0.717, 1.165) is 11.4 Å². The van der Waals surface area contributed by atoms with Crippen LogP contribution in [0.4, 0.5) is 5.69 Å². The highest BCUT2D eigenvalue weighted by molar-refractivity contribution is 6.20. The van der Waals surface area contributed by atoms with Gasteiger partial charge in [0.2, 0.25) is 5.91 Å². The van der Waals surface area contributed by atoms with E-state index in [1.807, 2.05) is 0 Å². The summed E-state index contributed by atoms with van der Waals surface area (Å²) in [6.45, 7) is 7.64. The Kier molecular flexibility index (Phi) is 5.23. The second-order valence-corrected chi connectivity index (χ2v) is 4.86. The molecule has 1 aromatic carbocycles. The number of hydrogen-bond donors (Lipinski definition) is 1. The molecule has 0 heterocycles. The Balaban J connectivity index is 2.63. The topological polar surface area (TPSA) is 38.3 Å². The number of rotatable bonds is 6. The summed E-state index contributed by atoms with van der Waals surface area (Å²) in [5, 5.41) is 2.82. The van der Waals surface area contributed by atoms with Crippen molar-refractivity contribution < 1.29 is 9.53 Å². The van der Waals surface area contributed by atoms with Gasteiger partial charge in [-0.05, 0) is 38.1 Å². The Morgan fingerprint density at radius 2 is 2.06 bits per heavy atom. The first-order chi connectivity index (χ1) is 8.49. The molecule has 0 spiro atoms. The van der Waals surface area contributed by atoms with Gasteiger partial charge in [-0.15, -0.1) is 11.6 Å². The van der Waals surface area contributed by atoms with E-state index >= 15 is 0 Å². The van der Waals surface area contributed by atoms with Crippen LogP contribution in [0.25, 0.3) is 0 Å². The zero-order valence-electron chi connectivity index (χ0n) is 10.7. The van der Waals surface area contributed by atoms with E-state index in [1.54, 1.807) is 44.2 Å².